The molecule has 2 aromatic rings. The van der Waals surface area contributed by atoms with Crippen molar-refractivity contribution in [2.45, 2.75) is 32.7 Å². The highest BCUT2D eigenvalue weighted by Crippen LogP contribution is 2.19. The third-order valence-corrected chi connectivity index (χ3v) is 2.70. The number of nitrogens with zero attached hydrogens (tertiary/aromatic N) is 4. The first-order valence-corrected chi connectivity index (χ1v) is 5.74. The fourth-order valence-corrected chi connectivity index (χ4v) is 1.84. The van der Waals surface area contributed by atoms with Crippen LogP contribution in [0.25, 0.3) is 11.2 Å². The zero-order valence-corrected chi connectivity index (χ0v) is 9.91. The van der Waals surface area contributed by atoms with Gasteiger partial charge in [-0.1, -0.05) is 31.4 Å². The third kappa shape index (κ3) is 2.09. The number of hydrogen-bond acceptors (Lipinski definition) is 4. The average Bonchev–Trinajstić information content (AvgIpc) is 2.62. The van der Waals surface area contributed by atoms with Crippen LogP contribution in [0.2, 0.25) is 5.15 Å². The molecular formula is C10H14ClN5. The largest absolute Gasteiger partial charge is 0.368 e. The summed E-state index contributed by atoms with van der Waals surface area (Å²) in [6.45, 7) is 3.06. The molecule has 0 saturated heterocycles. The average molecular weight is 240 g/mol. The maximum Gasteiger partial charge on any atom is 0.223 e. The van der Waals surface area contributed by atoms with Gasteiger partial charge < -0.3 is 10.3 Å². The number of halogens is 1. The standard InChI is InChI=1S/C10H14ClN5/c1-2-3-4-5-16-6-13-7-8(11)14-10(12)15-9(7)16/h6H,2-5H2,1H3,(H2,12,14,15). The van der Waals surface area contributed by atoms with Crippen molar-refractivity contribution < 1.29 is 0 Å². The predicted molar refractivity (Wildman–Crippen MR) is 64.3 cm³/mol. The lowest BCUT2D eigenvalue weighted by atomic mass is 10.2. The molecule has 0 atom stereocenters. The second-order valence-electron chi connectivity index (χ2n) is 3.69. The highest BCUT2D eigenvalue weighted by Gasteiger charge is 2.09. The Hall–Kier alpha value is -1.36. The number of imidazole rings is 1. The molecular weight excluding hydrogens is 226 g/mol. The second kappa shape index (κ2) is 4.65. The Morgan fingerprint density at radius 2 is 2.19 bits per heavy atom. The Morgan fingerprint density at radius 1 is 1.38 bits per heavy atom. The monoisotopic (exact) mass is 239 g/mol. The van der Waals surface area contributed by atoms with Crippen molar-refractivity contribution in [2.24, 2.45) is 0 Å². The molecule has 0 unspecified atom stereocenters. The molecule has 2 aromatic heterocycles. The van der Waals surface area contributed by atoms with E-state index in [2.05, 4.69) is 21.9 Å². The molecule has 0 bridgehead atoms. The van der Waals surface area contributed by atoms with Crippen molar-refractivity contribution in [1.29, 1.82) is 0 Å². The minimum atomic E-state index is 0.190. The summed E-state index contributed by atoms with van der Waals surface area (Å²) < 4.78 is 1.97. The summed E-state index contributed by atoms with van der Waals surface area (Å²) in [6.07, 6.45) is 5.21. The molecule has 0 aliphatic carbocycles. The second-order valence-corrected chi connectivity index (χ2v) is 4.05. The van der Waals surface area contributed by atoms with Crippen molar-refractivity contribution in [3.8, 4) is 0 Å². The molecule has 0 spiro atoms. The Bertz CT molecular complexity index is 493. The van der Waals surface area contributed by atoms with Gasteiger partial charge in [0.1, 0.15) is 5.52 Å². The maximum absolute atomic E-state index is 5.93. The number of unbranched alkanes of at least 4 members (excludes halogenated alkanes) is 2. The van der Waals surface area contributed by atoms with E-state index in [9.17, 15) is 0 Å². The Balaban J connectivity index is 2.32. The molecule has 0 aliphatic rings. The lowest BCUT2D eigenvalue weighted by Crippen LogP contribution is -2.01. The summed E-state index contributed by atoms with van der Waals surface area (Å²) in [4.78, 5) is 12.2. The smallest absolute Gasteiger partial charge is 0.223 e. The van der Waals surface area contributed by atoms with Gasteiger partial charge in [-0.3, -0.25) is 0 Å². The van der Waals surface area contributed by atoms with E-state index in [1.165, 1.54) is 12.8 Å². The van der Waals surface area contributed by atoms with Gasteiger partial charge >= 0.3 is 0 Å². The summed E-state index contributed by atoms with van der Waals surface area (Å²) in [5, 5.41) is 0.316. The zero-order valence-electron chi connectivity index (χ0n) is 9.15. The molecule has 0 aromatic carbocycles. The van der Waals surface area contributed by atoms with E-state index in [4.69, 9.17) is 17.3 Å². The van der Waals surface area contributed by atoms with Gasteiger partial charge in [0.25, 0.3) is 0 Å². The van der Waals surface area contributed by atoms with Crippen LogP contribution in [0.3, 0.4) is 0 Å². The van der Waals surface area contributed by atoms with Crippen LogP contribution in [0.15, 0.2) is 6.33 Å². The number of aromatic nitrogens is 4. The van der Waals surface area contributed by atoms with Gasteiger partial charge in [0.15, 0.2) is 10.8 Å². The first-order chi connectivity index (χ1) is 7.72. The van der Waals surface area contributed by atoms with Crippen LogP contribution in [0.1, 0.15) is 26.2 Å². The van der Waals surface area contributed by atoms with Gasteiger partial charge in [0, 0.05) is 6.54 Å². The van der Waals surface area contributed by atoms with Crippen LogP contribution in [0, 0.1) is 0 Å². The molecule has 0 aliphatic heterocycles. The van der Waals surface area contributed by atoms with Crippen LogP contribution in [0.4, 0.5) is 5.95 Å². The topological polar surface area (TPSA) is 69.6 Å². The number of aryl methyl sites for hydroxylation is 1. The van der Waals surface area contributed by atoms with Crippen LogP contribution in [-0.4, -0.2) is 19.5 Å². The van der Waals surface area contributed by atoms with Crippen LogP contribution < -0.4 is 5.73 Å². The van der Waals surface area contributed by atoms with Gasteiger partial charge in [-0.25, -0.2) is 4.98 Å². The molecule has 0 saturated carbocycles. The van der Waals surface area contributed by atoms with Crippen molar-refractivity contribution >= 4 is 28.7 Å². The Labute approximate surface area is 98.7 Å². The quantitative estimate of drug-likeness (QED) is 0.656. The molecule has 0 fully saturated rings. The highest BCUT2D eigenvalue weighted by atomic mass is 35.5. The molecule has 86 valence electrons. The van der Waals surface area contributed by atoms with E-state index in [1.54, 1.807) is 6.33 Å². The first kappa shape index (κ1) is 11.1. The minimum absolute atomic E-state index is 0.190. The van der Waals surface area contributed by atoms with E-state index in [0.29, 0.717) is 16.3 Å². The summed E-state index contributed by atoms with van der Waals surface area (Å²) in [5.41, 5.74) is 6.89. The number of nitrogens with two attached hydrogens (primary N) is 1. The molecule has 0 amide bonds. The normalized spacial score (nSPS) is 11.1. The van der Waals surface area contributed by atoms with Crippen LogP contribution in [0.5, 0.6) is 0 Å². The fourth-order valence-electron chi connectivity index (χ4n) is 1.62. The number of fused-ring (bicyclic) bond motifs is 1. The van der Waals surface area contributed by atoms with E-state index in [0.717, 1.165) is 13.0 Å². The van der Waals surface area contributed by atoms with E-state index in [1.807, 2.05) is 4.57 Å². The maximum atomic E-state index is 5.93. The predicted octanol–water partition coefficient (Wildman–Crippen LogP) is 2.25. The molecule has 6 heteroatoms. The lowest BCUT2D eigenvalue weighted by Gasteiger charge is -2.03. The van der Waals surface area contributed by atoms with Gasteiger partial charge in [-0.05, 0) is 6.42 Å². The fraction of sp³-hybridized carbons (Fsp3) is 0.500. The summed E-state index contributed by atoms with van der Waals surface area (Å²) in [5.74, 6) is 0.190. The van der Waals surface area contributed by atoms with Crippen LogP contribution in [-0.2, 0) is 6.54 Å². The van der Waals surface area contributed by atoms with Gasteiger partial charge in [0.05, 0.1) is 6.33 Å². The number of anilines is 1. The molecule has 2 heterocycles. The summed E-state index contributed by atoms with van der Waals surface area (Å²) in [7, 11) is 0. The van der Waals surface area contributed by atoms with E-state index >= 15 is 0 Å². The minimum Gasteiger partial charge on any atom is -0.368 e. The van der Waals surface area contributed by atoms with Crippen molar-refractivity contribution in [3.05, 3.63) is 11.5 Å². The van der Waals surface area contributed by atoms with Crippen LogP contribution >= 0.6 is 11.6 Å². The van der Waals surface area contributed by atoms with Gasteiger partial charge in [0.2, 0.25) is 5.95 Å². The van der Waals surface area contributed by atoms with Crippen molar-refractivity contribution in [1.82, 2.24) is 19.5 Å². The third-order valence-electron chi connectivity index (χ3n) is 2.44. The number of rotatable bonds is 4. The zero-order chi connectivity index (χ0) is 11.5. The summed E-state index contributed by atoms with van der Waals surface area (Å²) in [6, 6.07) is 0. The van der Waals surface area contributed by atoms with Crippen molar-refractivity contribution in [3.63, 3.8) is 0 Å². The Morgan fingerprint density at radius 3 is 2.94 bits per heavy atom. The molecule has 2 rings (SSSR count). The van der Waals surface area contributed by atoms with E-state index in [-0.39, 0.29) is 5.95 Å². The number of hydrogen-bond donors (Lipinski definition) is 1. The molecule has 2 N–H and O–H groups in total. The van der Waals surface area contributed by atoms with E-state index < -0.39 is 0 Å². The highest BCUT2D eigenvalue weighted by molar-refractivity contribution is 6.33. The van der Waals surface area contributed by atoms with Crippen molar-refractivity contribution in [2.75, 3.05) is 5.73 Å². The molecule has 5 nitrogen and oxygen atoms in total. The SMILES string of the molecule is CCCCCn1cnc2c(Cl)nc(N)nc21. The first-order valence-electron chi connectivity index (χ1n) is 5.36. The summed E-state index contributed by atoms with van der Waals surface area (Å²) >= 11 is 5.93. The lowest BCUT2D eigenvalue weighted by molar-refractivity contribution is 0.610. The van der Waals surface area contributed by atoms with Gasteiger partial charge in [-0.2, -0.15) is 9.97 Å². The van der Waals surface area contributed by atoms with Gasteiger partial charge in [-0.15, -0.1) is 0 Å². The molecule has 0 radical (unpaired) electrons. The molecule has 16 heavy (non-hydrogen) atoms. The number of nitrogen functional groups attached to an aromatic ring is 1. The Kier molecular flexibility index (Phi) is 3.24.